The monoisotopic (exact) mass is 397 g/mol. The Kier molecular flexibility index (Phi) is 6.91. The number of nitro benzene ring substituents is 1. The summed E-state index contributed by atoms with van der Waals surface area (Å²) in [5, 5.41) is 13.0. The van der Waals surface area contributed by atoms with E-state index >= 15 is 0 Å². The summed E-state index contributed by atoms with van der Waals surface area (Å²) in [4.78, 5) is 23.8. The molecule has 0 saturated carbocycles. The second-order valence-corrected chi connectivity index (χ2v) is 5.53. The lowest BCUT2D eigenvalue weighted by molar-refractivity contribution is -0.384. The van der Waals surface area contributed by atoms with Crippen molar-refractivity contribution in [1.82, 2.24) is 0 Å². The van der Waals surface area contributed by atoms with E-state index in [1.54, 1.807) is 12.1 Å². The minimum atomic E-state index is -0.822. The van der Waals surface area contributed by atoms with Crippen molar-refractivity contribution in [3.05, 3.63) is 58.4 Å². The molecule has 0 unspecified atom stereocenters. The molecule has 2 aromatic rings. The van der Waals surface area contributed by atoms with Crippen LogP contribution in [0.3, 0.4) is 0 Å². The van der Waals surface area contributed by atoms with Gasteiger partial charge < -0.3 is 14.4 Å². The molecule has 2 aromatic carbocycles. The average molecular weight is 398 g/mol. The van der Waals surface area contributed by atoms with Gasteiger partial charge in [0.25, 0.3) is 5.69 Å². The molecule has 144 valence electrons. The van der Waals surface area contributed by atoms with Gasteiger partial charge in [0.05, 0.1) is 23.8 Å². The lowest BCUT2D eigenvalue weighted by Gasteiger charge is -2.29. The van der Waals surface area contributed by atoms with E-state index in [9.17, 15) is 19.3 Å². The third-order valence-electron chi connectivity index (χ3n) is 3.80. The molecule has 10 heteroatoms. The molecule has 1 N–H and O–H groups in total. The first-order valence-corrected chi connectivity index (χ1v) is 7.88. The van der Waals surface area contributed by atoms with Crippen LogP contribution in [0.1, 0.15) is 0 Å². The number of halogens is 2. The standard InChI is InChI=1S/C17H16FN3O5.ClH/c18-15-11-12(1-6-16(15)20-7-9-25-10-8-20)19-17(22)26-14-4-2-13(3-5-14)21(23)24;/h1-6,11H,7-10H2,(H,19,22);1H. The first-order valence-electron chi connectivity index (χ1n) is 7.88. The molecular weight excluding hydrogens is 381 g/mol. The van der Waals surface area contributed by atoms with Crippen molar-refractivity contribution < 1.29 is 23.6 Å². The summed E-state index contributed by atoms with van der Waals surface area (Å²) >= 11 is 0. The molecule has 0 atom stereocenters. The predicted octanol–water partition coefficient (Wildman–Crippen LogP) is 3.60. The SMILES string of the molecule is Cl.O=C(Nc1ccc(N2CCOCC2)c(F)c1)Oc1ccc([N+](=O)[O-])cc1. The van der Waals surface area contributed by atoms with Gasteiger partial charge in [0.1, 0.15) is 11.6 Å². The fourth-order valence-corrected chi connectivity index (χ4v) is 2.53. The molecule has 1 saturated heterocycles. The van der Waals surface area contributed by atoms with Gasteiger partial charge in [-0.05, 0) is 30.3 Å². The van der Waals surface area contributed by atoms with Crippen LogP contribution < -0.4 is 15.0 Å². The van der Waals surface area contributed by atoms with Crippen LogP contribution in [0.5, 0.6) is 5.75 Å². The summed E-state index contributed by atoms with van der Waals surface area (Å²) in [6.45, 7) is 2.29. The van der Waals surface area contributed by atoms with Gasteiger partial charge in [-0.25, -0.2) is 9.18 Å². The number of anilines is 2. The zero-order valence-corrected chi connectivity index (χ0v) is 14.9. The Hall–Kier alpha value is -2.91. The van der Waals surface area contributed by atoms with Crippen LogP contribution in [0.25, 0.3) is 0 Å². The van der Waals surface area contributed by atoms with Crippen molar-refractivity contribution in [3.63, 3.8) is 0 Å². The summed E-state index contributed by atoms with van der Waals surface area (Å²) in [5.74, 6) is -0.321. The van der Waals surface area contributed by atoms with E-state index in [-0.39, 0.29) is 29.5 Å². The van der Waals surface area contributed by atoms with Gasteiger partial charge in [-0.15, -0.1) is 12.4 Å². The molecule has 0 bridgehead atoms. The number of ether oxygens (including phenoxy) is 2. The number of benzene rings is 2. The van der Waals surface area contributed by atoms with E-state index < -0.39 is 16.8 Å². The average Bonchev–Trinajstić information content (AvgIpc) is 2.63. The fourth-order valence-electron chi connectivity index (χ4n) is 2.53. The normalized spacial score (nSPS) is 13.4. The van der Waals surface area contributed by atoms with Crippen molar-refractivity contribution in [1.29, 1.82) is 0 Å². The molecule has 27 heavy (non-hydrogen) atoms. The highest BCUT2D eigenvalue weighted by Crippen LogP contribution is 2.24. The third kappa shape index (κ3) is 5.28. The third-order valence-corrected chi connectivity index (χ3v) is 3.80. The van der Waals surface area contributed by atoms with Gasteiger partial charge in [-0.1, -0.05) is 0 Å². The van der Waals surface area contributed by atoms with Gasteiger partial charge in [0.15, 0.2) is 0 Å². The van der Waals surface area contributed by atoms with Crippen molar-refractivity contribution in [2.75, 3.05) is 36.5 Å². The lowest BCUT2D eigenvalue weighted by Crippen LogP contribution is -2.36. The van der Waals surface area contributed by atoms with Gasteiger partial charge in [0.2, 0.25) is 0 Å². The van der Waals surface area contributed by atoms with Crippen molar-refractivity contribution in [3.8, 4) is 5.75 Å². The molecular formula is C17H17ClFN3O5. The van der Waals surface area contributed by atoms with Crippen LogP contribution in [-0.2, 0) is 4.74 Å². The van der Waals surface area contributed by atoms with Crippen LogP contribution in [0.2, 0.25) is 0 Å². The molecule has 0 aromatic heterocycles. The maximum atomic E-state index is 14.3. The number of non-ortho nitro benzene ring substituents is 1. The molecule has 1 amide bonds. The van der Waals surface area contributed by atoms with Crippen LogP contribution in [-0.4, -0.2) is 37.3 Å². The van der Waals surface area contributed by atoms with Crippen molar-refractivity contribution >= 4 is 35.6 Å². The van der Waals surface area contributed by atoms with Gasteiger partial charge in [-0.3, -0.25) is 15.4 Å². The van der Waals surface area contributed by atoms with Crippen LogP contribution >= 0.6 is 12.4 Å². The zero-order chi connectivity index (χ0) is 18.5. The minimum Gasteiger partial charge on any atom is -0.410 e. The van der Waals surface area contributed by atoms with Gasteiger partial charge >= 0.3 is 6.09 Å². The Balaban J connectivity index is 0.00000261. The molecule has 8 nitrogen and oxygen atoms in total. The van der Waals surface area contributed by atoms with E-state index in [1.165, 1.54) is 30.3 Å². The number of carbonyl (C=O) groups is 1. The summed E-state index contributed by atoms with van der Waals surface area (Å²) in [6.07, 6.45) is -0.822. The number of morpholine rings is 1. The van der Waals surface area contributed by atoms with Crippen molar-refractivity contribution in [2.45, 2.75) is 0 Å². The van der Waals surface area contributed by atoms with E-state index in [0.29, 0.717) is 32.0 Å². The Bertz CT molecular complexity index is 813. The Morgan fingerprint density at radius 1 is 1.19 bits per heavy atom. The molecule has 1 fully saturated rings. The molecule has 3 rings (SSSR count). The number of nitrogens with zero attached hydrogens (tertiary/aromatic N) is 2. The quantitative estimate of drug-likeness (QED) is 0.625. The largest absolute Gasteiger partial charge is 0.417 e. The first kappa shape index (κ1) is 20.4. The van der Waals surface area contributed by atoms with Crippen LogP contribution in [0.15, 0.2) is 42.5 Å². The lowest BCUT2D eigenvalue weighted by atomic mass is 10.2. The molecule has 0 radical (unpaired) electrons. The molecule has 1 heterocycles. The highest BCUT2D eigenvalue weighted by molar-refractivity contribution is 5.86. The minimum absolute atomic E-state index is 0. The Labute approximate surface area is 160 Å². The van der Waals surface area contributed by atoms with Crippen molar-refractivity contribution in [2.24, 2.45) is 0 Å². The second-order valence-electron chi connectivity index (χ2n) is 5.53. The Morgan fingerprint density at radius 2 is 1.85 bits per heavy atom. The number of hydrogen-bond acceptors (Lipinski definition) is 6. The molecule has 0 aliphatic carbocycles. The Morgan fingerprint density at radius 3 is 2.44 bits per heavy atom. The van der Waals surface area contributed by atoms with E-state index in [2.05, 4.69) is 5.32 Å². The van der Waals surface area contributed by atoms with E-state index in [4.69, 9.17) is 9.47 Å². The van der Waals surface area contributed by atoms with E-state index in [0.717, 1.165) is 0 Å². The number of nitrogens with one attached hydrogen (secondary N) is 1. The molecule has 1 aliphatic heterocycles. The maximum absolute atomic E-state index is 14.3. The van der Waals surface area contributed by atoms with Crippen LogP contribution in [0.4, 0.5) is 26.2 Å². The fraction of sp³-hybridized carbons (Fsp3) is 0.235. The number of hydrogen-bond donors (Lipinski definition) is 1. The zero-order valence-electron chi connectivity index (χ0n) is 14.1. The van der Waals surface area contributed by atoms with Gasteiger partial charge in [0, 0.05) is 30.9 Å². The molecule has 1 aliphatic rings. The number of carbonyl (C=O) groups excluding carboxylic acids is 1. The highest BCUT2D eigenvalue weighted by Gasteiger charge is 2.16. The van der Waals surface area contributed by atoms with Crippen LogP contribution in [0, 0.1) is 15.9 Å². The summed E-state index contributed by atoms with van der Waals surface area (Å²) in [7, 11) is 0. The van der Waals surface area contributed by atoms with Gasteiger partial charge in [-0.2, -0.15) is 0 Å². The number of amides is 1. The smallest absolute Gasteiger partial charge is 0.410 e. The predicted molar refractivity (Wildman–Crippen MR) is 99.4 cm³/mol. The number of rotatable bonds is 4. The second kappa shape index (κ2) is 9.15. The number of nitro groups is 1. The summed E-state index contributed by atoms with van der Waals surface area (Å²) in [6, 6.07) is 9.42. The first-order chi connectivity index (χ1) is 12.5. The molecule has 0 spiro atoms. The topological polar surface area (TPSA) is 93.9 Å². The highest BCUT2D eigenvalue weighted by atomic mass is 35.5. The summed E-state index contributed by atoms with van der Waals surface area (Å²) < 4.78 is 24.6. The van der Waals surface area contributed by atoms with E-state index in [1.807, 2.05) is 4.90 Å². The summed E-state index contributed by atoms with van der Waals surface area (Å²) in [5.41, 5.74) is 0.576. The maximum Gasteiger partial charge on any atom is 0.417 e.